The third kappa shape index (κ3) is 3.00. The largest absolute Gasteiger partial charge is 0.484 e. The summed E-state index contributed by atoms with van der Waals surface area (Å²) in [6.45, 7) is 0.416. The Balaban J connectivity index is 1.46. The van der Waals surface area contributed by atoms with E-state index in [0.29, 0.717) is 29.0 Å². The SMILES string of the molecule is Brc1cccc(-c2noc(COc3ccc4c(c3)OCO4)n2)c1. The number of halogens is 1. The second-order valence-electron chi connectivity index (χ2n) is 4.83. The van der Waals surface area contributed by atoms with Gasteiger partial charge in [-0.1, -0.05) is 33.2 Å². The molecule has 4 rings (SSSR count). The van der Waals surface area contributed by atoms with Crippen LogP contribution in [0.15, 0.2) is 51.5 Å². The van der Waals surface area contributed by atoms with Gasteiger partial charge in [0.2, 0.25) is 12.6 Å². The van der Waals surface area contributed by atoms with Crippen molar-refractivity contribution in [3.8, 4) is 28.6 Å². The van der Waals surface area contributed by atoms with Crippen molar-refractivity contribution in [1.29, 1.82) is 0 Å². The summed E-state index contributed by atoms with van der Waals surface area (Å²) in [5, 5.41) is 3.97. The number of fused-ring (bicyclic) bond motifs is 1. The molecule has 0 fully saturated rings. The predicted molar refractivity (Wildman–Crippen MR) is 84.3 cm³/mol. The van der Waals surface area contributed by atoms with E-state index in [1.54, 1.807) is 18.2 Å². The lowest BCUT2D eigenvalue weighted by atomic mass is 10.2. The van der Waals surface area contributed by atoms with Crippen molar-refractivity contribution in [2.45, 2.75) is 6.61 Å². The number of nitrogens with zero attached hydrogens (tertiary/aromatic N) is 2. The maximum absolute atomic E-state index is 5.65. The molecule has 23 heavy (non-hydrogen) atoms. The van der Waals surface area contributed by atoms with E-state index in [1.165, 1.54) is 0 Å². The van der Waals surface area contributed by atoms with Crippen LogP contribution in [0, 0.1) is 0 Å². The Morgan fingerprint density at radius 3 is 2.91 bits per heavy atom. The van der Waals surface area contributed by atoms with Crippen LogP contribution >= 0.6 is 15.9 Å². The summed E-state index contributed by atoms with van der Waals surface area (Å²) in [5.41, 5.74) is 0.873. The quantitative estimate of drug-likeness (QED) is 0.691. The summed E-state index contributed by atoms with van der Waals surface area (Å²) >= 11 is 3.42. The van der Waals surface area contributed by atoms with Gasteiger partial charge in [-0.3, -0.25) is 0 Å². The maximum Gasteiger partial charge on any atom is 0.264 e. The summed E-state index contributed by atoms with van der Waals surface area (Å²) < 4.78 is 22.4. The second kappa shape index (κ2) is 5.92. The van der Waals surface area contributed by atoms with Crippen LogP contribution in [0.4, 0.5) is 0 Å². The summed E-state index contributed by atoms with van der Waals surface area (Å²) in [6, 6.07) is 13.1. The van der Waals surface area contributed by atoms with E-state index in [0.717, 1.165) is 10.0 Å². The highest BCUT2D eigenvalue weighted by atomic mass is 79.9. The lowest BCUT2D eigenvalue weighted by Crippen LogP contribution is -1.95. The standard InChI is InChI=1S/C16H11BrN2O4/c17-11-3-1-2-10(6-11)16-18-15(23-19-16)8-20-12-4-5-13-14(7-12)22-9-21-13/h1-7H,8-9H2. The molecule has 6 nitrogen and oxygen atoms in total. The van der Waals surface area contributed by atoms with Crippen LogP contribution in [-0.2, 0) is 6.61 Å². The monoisotopic (exact) mass is 374 g/mol. The molecular formula is C16H11BrN2O4. The number of aromatic nitrogens is 2. The van der Waals surface area contributed by atoms with Gasteiger partial charge in [0.25, 0.3) is 5.89 Å². The second-order valence-corrected chi connectivity index (χ2v) is 5.74. The van der Waals surface area contributed by atoms with Crippen molar-refractivity contribution in [3.63, 3.8) is 0 Å². The molecular weight excluding hydrogens is 364 g/mol. The maximum atomic E-state index is 5.65. The van der Waals surface area contributed by atoms with Crippen molar-refractivity contribution >= 4 is 15.9 Å². The molecule has 3 aromatic rings. The van der Waals surface area contributed by atoms with Gasteiger partial charge >= 0.3 is 0 Å². The molecule has 7 heteroatoms. The van der Waals surface area contributed by atoms with Gasteiger partial charge in [0, 0.05) is 16.1 Å². The minimum absolute atomic E-state index is 0.181. The molecule has 0 N–H and O–H groups in total. The highest BCUT2D eigenvalue weighted by molar-refractivity contribution is 9.10. The topological polar surface area (TPSA) is 66.6 Å². The fourth-order valence-electron chi connectivity index (χ4n) is 2.17. The van der Waals surface area contributed by atoms with Crippen molar-refractivity contribution in [1.82, 2.24) is 10.1 Å². The molecule has 0 amide bonds. The first kappa shape index (κ1) is 14.1. The van der Waals surface area contributed by atoms with E-state index in [9.17, 15) is 0 Å². The van der Waals surface area contributed by atoms with Crippen molar-refractivity contribution in [2.75, 3.05) is 6.79 Å². The van der Waals surface area contributed by atoms with Gasteiger partial charge in [0.05, 0.1) is 0 Å². The Labute approximate surface area is 140 Å². The molecule has 0 saturated heterocycles. The minimum atomic E-state index is 0.181. The zero-order valence-corrected chi connectivity index (χ0v) is 13.4. The average Bonchev–Trinajstić information content (AvgIpc) is 3.21. The molecule has 0 unspecified atom stereocenters. The lowest BCUT2D eigenvalue weighted by molar-refractivity contribution is 0.173. The zero-order chi connectivity index (χ0) is 15.6. The van der Waals surface area contributed by atoms with Gasteiger partial charge < -0.3 is 18.7 Å². The first-order chi connectivity index (χ1) is 11.3. The first-order valence-corrected chi connectivity index (χ1v) is 7.68. The van der Waals surface area contributed by atoms with Gasteiger partial charge in [-0.2, -0.15) is 4.98 Å². The van der Waals surface area contributed by atoms with Gasteiger partial charge in [0.1, 0.15) is 5.75 Å². The van der Waals surface area contributed by atoms with Crippen LogP contribution in [0.2, 0.25) is 0 Å². The van der Waals surface area contributed by atoms with E-state index >= 15 is 0 Å². The summed E-state index contributed by atoms with van der Waals surface area (Å²) in [7, 11) is 0. The molecule has 2 aromatic carbocycles. The molecule has 1 aliphatic heterocycles. The smallest absolute Gasteiger partial charge is 0.264 e. The van der Waals surface area contributed by atoms with Crippen LogP contribution in [0.3, 0.4) is 0 Å². The Bertz CT molecular complexity index is 850. The predicted octanol–water partition coefficient (Wildman–Crippen LogP) is 3.81. The van der Waals surface area contributed by atoms with E-state index in [-0.39, 0.29) is 13.4 Å². The average molecular weight is 375 g/mol. The van der Waals surface area contributed by atoms with Crippen LogP contribution in [-0.4, -0.2) is 16.9 Å². The summed E-state index contributed by atoms with van der Waals surface area (Å²) in [6.07, 6.45) is 0. The molecule has 0 atom stereocenters. The molecule has 1 aromatic heterocycles. The Kier molecular flexibility index (Phi) is 3.63. The molecule has 0 spiro atoms. The van der Waals surface area contributed by atoms with Crippen molar-refractivity contribution in [2.24, 2.45) is 0 Å². The zero-order valence-electron chi connectivity index (χ0n) is 11.9. The summed E-state index contributed by atoms with van der Waals surface area (Å²) in [4.78, 5) is 4.33. The Hall–Kier alpha value is -2.54. The van der Waals surface area contributed by atoms with Crippen LogP contribution in [0.1, 0.15) is 5.89 Å². The normalized spacial score (nSPS) is 12.4. The fraction of sp³-hybridized carbons (Fsp3) is 0.125. The minimum Gasteiger partial charge on any atom is -0.484 e. The van der Waals surface area contributed by atoms with Gasteiger partial charge in [-0.25, -0.2) is 0 Å². The highest BCUT2D eigenvalue weighted by Gasteiger charge is 2.14. The molecule has 0 aliphatic carbocycles. The molecule has 1 aliphatic rings. The van der Waals surface area contributed by atoms with Crippen LogP contribution in [0.25, 0.3) is 11.4 Å². The van der Waals surface area contributed by atoms with E-state index < -0.39 is 0 Å². The number of hydrogen-bond donors (Lipinski definition) is 0. The van der Waals surface area contributed by atoms with E-state index in [2.05, 4.69) is 26.1 Å². The third-order valence-electron chi connectivity index (χ3n) is 3.26. The van der Waals surface area contributed by atoms with Gasteiger partial charge in [-0.15, -0.1) is 0 Å². The Morgan fingerprint density at radius 2 is 2.00 bits per heavy atom. The van der Waals surface area contributed by atoms with E-state index in [1.807, 2.05) is 24.3 Å². The number of hydrogen-bond acceptors (Lipinski definition) is 6. The van der Waals surface area contributed by atoms with Crippen molar-refractivity contribution < 1.29 is 18.7 Å². The molecule has 0 saturated carbocycles. The third-order valence-corrected chi connectivity index (χ3v) is 3.75. The number of rotatable bonds is 4. The van der Waals surface area contributed by atoms with Crippen LogP contribution in [0.5, 0.6) is 17.2 Å². The molecule has 0 bridgehead atoms. The number of benzene rings is 2. The van der Waals surface area contributed by atoms with Gasteiger partial charge in [-0.05, 0) is 24.3 Å². The fourth-order valence-corrected chi connectivity index (χ4v) is 2.57. The van der Waals surface area contributed by atoms with Crippen LogP contribution < -0.4 is 14.2 Å². The van der Waals surface area contributed by atoms with Gasteiger partial charge in [0.15, 0.2) is 18.1 Å². The Morgan fingerprint density at radius 1 is 1.09 bits per heavy atom. The van der Waals surface area contributed by atoms with E-state index in [4.69, 9.17) is 18.7 Å². The summed E-state index contributed by atoms with van der Waals surface area (Å²) in [5.74, 6) is 2.96. The lowest BCUT2D eigenvalue weighted by Gasteiger charge is -2.03. The number of ether oxygens (including phenoxy) is 3. The highest BCUT2D eigenvalue weighted by Crippen LogP contribution is 2.35. The molecule has 0 radical (unpaired) electrons. The van der Waals surface area contributed by atoms with Crippen molar-refractivity contribution in [3.05, 3.63) is 52.8 Å². The molecule has 2 heterocycles. The first-order valence-electron chi connectivity index (χ1n) is 6.89. The molecule has 116 valence electrons.